The Bertz CT molecular complexity index is 1380. The van der Waals surface area contributed by atoms with Gasteiger partial charge in [-0.15, -0.1) is 0 Å². The van der Waals surface area contributed by atoms with E-state index in [0.29, 0.717) is 45.8 Å². The van der Waals surface area contributed by atoms with Crippen LogP contribution < -0.4 is 15.4 Å². The van der Waals surface area contributed by atoms with Gasteiger partial charge >= 0.3 is 12.1 Å². The third kappa shape index (κ3) is 8.49. The molecule has 2 saturated heterocycles. The van der Waals surface area contributed by atoms with Crippen molar-refractivity contribution in [3.05, 3.63) is 64.7 Å². The summed E-state index contributed by atoms with van der Waals surface area (Å²) in [6.45, 7) is 6.77. The molecule has 5 rings (SSSR count). The third-order valence-electron chi connectivity index (χ3n) is 7.60. The molecule has 0 radical (unpaired) electrons. The van der Waals surface area contributed by atoms with Gasteiger partial charge in [0.25, 0.3) is 5.91 Å². The molecule has 2 fully saturated rings. The van der Waals surface area contributed by atoms with E-state index in [1.165, 1.54) is 0 Å². The van der Waals surface area contributed by atoms with Gasteiger partial charge in [-0.3, -0.25) is 10.1 Å². The van der Waals surface area contributed by atoms with Gasteiger partial charge in [-0.05, 0) is 48.2 Å². The summed E-state index contributed by atoms with van der Waals surface area (Å²) < 4.78 is 23.0. The topological polar surface area (TPSA) is 115 Å². The van der Waals surface area contributed by atoms with Gasteiger partial charge in [0.15, 0.2) is 0 Å². The quantitative estimate of drug-likeness (QED) is 0.211. The maximum Gasteiger partial charge on any atom is 0.410 e. The Morgan fingerprint density at radius 3 is 2.63 bits per heavy atom. The molecule has 43 heavy (non-hydrogen) atoms. The molecule has 10 heteroatoms. The highest BCUT2D eigenvalue weighted by molar-refractivity contribution is 6.04. The molecule has 0 saturated carbocycles. The molecule has 228 valence electrons. The fourth-order valence-corrected chi connectivity index (χ4v) is 5.23. The molecule has 0 aliphatic carbocycles. The number of nitrogens with zero attached hydrogens (tertiary/aromatic N) is 1. The van der Waals surface area contributed by atoms with Crippen LogP contribution in [0.15, 0.2) is 42.5 Å². The van der Waals surface area contributed by atoms with E-state index in [-0.39, 0.29) is 18.1 Å². The molecule has 0 bridgehead atoms. The van der Waals surface area contributed by atoms with Gasteiger partial charge in [0.1, 0.15) is 17.9 Å². The highest BCUT2D eigenvalue weighted by Crippen LogP contribution is 2.35. The number of unbranched alkanes of at least 4 members (excludes halogenated alkanes) is 3. The number of rotatable bonds is 12. The minimum absolute atomic E-state index is 0.259. The Morgan fingerprint density at radius 1 is 1.02 bits per heavy atom. The zero-order valence-electron chi connectivity index (χ0n) is 24.8. The highest BCUT2D eigenvalue weighted by Gasteiger charge is 2.34. The molecule has 1 unspecified atom stereocenters. The summed E-state index contributed by atoms with van der Waals surface area (Å²) in [5, 5.41) is 4.84. The number of carbonyl (C=O) groups excluding carboxylic acids is 3. The summed E-state index contributed by atoms with van der Waals surface area (Å²) in [6, 6.07) is 12.6. The lowest BCUT2D eigenvalue weighted by Gasteiger charge is -2.32. The van der Waals surface area contributed by atoms with E-state index in [2.05, 4.69) is 22.5 Å². The first-order valence-electron chi connectivity index (χ1n) is 14.9. The van der Waals surface area contributed by atoms with Crippen LogP contribution >= 0.6 is 0 Å². The van der Waals surface area contributed by atoms with Crippen molar-refractivity contribution in [3.63, 3.8) is 0 Å². The summed E-state index contributed by atoms with van der Waals surface area (Å²) >= 11 is 0. The number of fused-ring (bicyclic) bond motifs is 1. The Labute approximate surface area is 252 Å². The van der Waals surface area contributed by atoms with E-state index >= 15 is 0 Å². The number of imide groups is 1. The molecule has 0 spiro atoms. The van der Waals surface area contributed by atoms with Gasteiger partial charge in [0.05, 0.1) is 19.8 Å². The maximum absolute atomic E-state index is 12.4. The second-order valence-corrected chi connectivity index (χ2v) is 11.5. The number of nitrogens with one attached hydrogen (secondary N) is 2. The van der Waals surface area contributed by atoms with Gasteiger partial charge < -0.3 is 29.2 Å². The largest absolute Gasteiger partial charge is 0.463 e. The monoisotopic (exact) mass is 589 g/mol. The smallest absolute Gasteiger partial charge is 0.410 e. The van der Waals surface area contributed by atoms with E-state index in [1.807, 2.05) is 56.3 Å². The molecule has 3 aliphatic rings. The predicted octanol–water partition coefficient (Wildman–Crippen LogP) is 4.59. The van der Waals surface area contributed by atoms with Crippen LogP contribution in [-0.2, 0) is 32.0 Å². The standard InChI is InChI=1S/C33H39N3O7/c1-33(2)41-22-26-20-25(14-15-28(26)43-33)29-21-36(32(39)42-29)16-6-3-4-7-17-40-18-8-5-9-23-10-12-24(13-11-23)19-27-30(37)35-31(38)34-27/h10-15,20,27,29H,3-4,6-8,16-19,21-22H2,1-2H3,(H2,34,35,37,38)/t27?,29-/m0/s1. The van der Waals surface area contributed by atoms with E-state index in [1.54, 1.807) is 4.90 Å². The SMILES string of the molecule is CC1(C)OCc2cc([C@@H]3CN(CCCCCCOCCC#Cc4ccc(CC5NC(=O)NC5=O)cc4)C(=O)O3)ccc2O1. The van der Waals surface area contributed by atoms with Gasteiger partial charge in [-0.2, -0.15) is 0 Å². The number of urea groups is 1. The van der Waals surface area contributed by atoms with Crippen molar-refractivity contribution in [2.24, 2.45) is 0 Å². The average Bonchev–Trinajstić information content (AvgIpc) is 3.51. The summed E-state index contributed by atoms with van der Waals surface area (Å²) in [4.78, 5) is 37.1. The van der Waals surface area contributed by atoms with E-state index in [9.17, 15) is 14.4 Å². The lowest BCUT2D eigenvalue weighted by molar-refractivity contribution is -0.180. The van der Waals surface area contributed by atoms with Crippen LogP contribution in [0.1, 0.15) is 74.3 Å². The van der Waals surface area contributed by atoms with Crippen LogP contribution in [0, 0.1) is 11.8 Å². The molecule has 3 aliphatic heterocycles. The molecule has 2 N–H and O–H groups in total. The van der Waals surface area contributed by atoms with Crippen molar-refractivity contribution in [2.75, 3.05) is 26.3 Å². The lowest BCUT2D eigenvalue weighted by atomic mass is 10.0. The van der Waals surface area contributed by atoms with Crippen LogP contribution in [0.5, 0.6) is 5.75 Å². The fraction of sp³-hybridized carbons (Fsp3) is 0.485. The number of hydrogen-bond acceptors (Lipinski definition) is 7. The average molecular weight is 590 g/mol. The zero-order valence-corrected chi connectivity index (χ0v) is 24.8. The third-order valence-corrected chi connectivity index (χ3v) is 7.60. The van der Waals surface area contributed by atoms with Crippen molar-refractivity contribution in [1.82, 2.24) is 15.5 Å². The molecular weight excluding hydrogens is 550 g/mol. The molecule has 3 heterocycles. The first-order chi connectivity index (χ1) is 20.8. The zero-order chi connectivity index (χ0) is 30.2. The summed E-state index contributed by atoms with van der Waals surface area (Å²) in [6.07, 6.45) is 4.52. The fourth-order valence-electron chi connectivity index (χ4n) is 5.23. The number of hydrogen-bond donors (Lipinski definition) is 2. The van der Waals surface area contributed by atoms with Crippen LogP contribution in [0.2, 0.25) is 0 Å². The molecule has 0 aromatic heterocycles. The van der Waals surface area contributed by atoms with Crippen molar-refractivity contribution < 1.29 is 33.3 Å². The normalized spacial score (nSPS) is 20.4. The van der Waals surface area contributed by atoms with Crippen molar-refractivity contribution in [2.45, 2.75) is 76.9 Å². The van der Waals surface area contributed by atoms with Gasteiger partial charge in [-0.25, -0.2) is 9.59 Å². The van der Waals surface area contributed by atoms with E-state index < -0.39 is 17.9 Å². The molecule has 2 aromatic carbocycles. The Hall–Kier alpha value is -4.07. The summed E-state index contributed by atoms with van der Waals surface area (Å²) in [5.41, 5.74) is 3.79. The molecule has 2 aromatic rings. The van der Waals surface area contributed by atoms with Crippen molar-refractivity contribution >= 4 is 18.0 Å². The minimum Gasteiger partial charge on any atom is -0.463 e. The van der Waals surface area contributed by atoms with Crippen molar-refractivity contribution in [3.8, 4) is 17.6 Å². The van der Waals surface area contributed by atoms with Gasteiger partial charge in [0, 0.05) is 51.0 Å². The molecule has 10 nitrogen and oxygen atoms in total. The van der Waals surface area contributed by atoms with Gasteiger partial charge in [0.2, 0.25) is 5.79 Å². The number of ether oxygens (including phenoxy) is 4. The first kappa shape index (κ1) is 30.4. The number of benzene rings is 2. The molecular formula is C33H39N3O7. The lowest BCUT2D eigenvalue weighted by Crippen LogP contribution is -2.35. The minimum atomic E-state index is -0.635. The van der Waals surface area contributed by atoms with E-state index in [0.717, 1.165) is 53.7 Å². The summed E-state index contributed by atoms with van der Waals surface area (Å²) in [5.74, 6) is 6.14. The van der Waals surface area contributed by atoms with Gasteiger partial charge in [-0.1, -0.05) is 42.9 Å². The van der Waals surface area contributed by atoms with Crippen LogP contribution in [0.25, 0.3) is 0 Å². The number of amides is 4. The number of carbonyl (C=O) groups is 3. The summed E-state index contributed by atoms with van der Waals surface area (Å²) in [7, 11) is 0. The Kier molecular flexibility index (Phi) is 9.85. The molecule has 2 atom stereocenters. The Balaban J connectivity index is 0.906. The predicted molar refractivity (Wildman–Crippen MR) is 158 cm³/mol. The second kappa shape index (κ2) is 13.9. The molecule has 4 amide bonds. The van der Waals surface area contributed by atoms with Crippen LogP contribution in [-0.4, -0.2) is 61.1 Å². The second-order valence-electron chi connectivity index (χ2n) is 11.5. The van der Waals surface area contributed by atoms with Crippen LogP contribution in [0.3, 0.4) is 0 Å². The highest BCUT2D eigenvalue weighted by atomic mass is 16.7. The Morgan fingerprint density at radius 2 is 1.84 bits per heavy atom. The maximum atomic E-state index is 12.4. The van der Waals surface area contributed by atoms with E-state index in [4.69, 9.17) is 18.9 Å². The van der Waals surface area contributed by atoms with Crippen LogP contribution in [0.4, 0.5) is 9.59 Å². The number of cyclic esters (lactones) is 1. The van der Waals surface area contributed by atoms with Crippen molar-refractivity contribution in [1.29, 1.82) is 0 Å². The first-order valence-corrected chi connectivity index (χ1v) is 14.9.